The maximum absolute atomic E-state index is 4.36. The van der Waals surface area contributed by atoms with Gasteiger partial charge in [0.2, 0.25) is 0 Å². The van der Waals surface area contributed by atoms with Crippen molar-refractivity contribution in [2.75, 3.05) is 6.54 Å². The highest BCUT2D eigenvalue weighted by Crippen LogP contribution is 2.18. The molecule has 0 aliphatic carbocycles. The van der Waals surface area contributed by atoms with Crippen LogP contribution in [-0.4, -0.2) is 16.5 Å². The summed E-state index contributed by atoms with van der Waals surface area (Å²) in [6.45, 7) is 5.21. The minimum Gasteiger partial charge on any atom is -0.304 e. The molecule has 0 aliphatic heterocycles. The Morgan fingerprint density at radius 1 is 1.11 bits per heavy atom. The summed E-state index contributed by atoms with van der Waals surface area (Å²) in [5.74, 6) is 0.829. The lowest BCUT2D eigenvalue weighted by atomic mass is 10.0. The number of aryl methyl sites for hydroxylation is 1. The summed E-state index contributed by atoms with van der Waals surface area (Å²) >= 11 is 0. The van der Waals surface area contributed by atoms with Gasteiger partial charge in [-0.25, -0.2) is 9.97 Å². The lowest BCUT2D eigenvalue weighted by molar-refractivity contribution is 0.571. The number of benzene rings is 1. The van der Waals surface area contributed by atoms with Gasteiger partial charge in [0, 0.05) is 12.4 Å². The highest BCUT2D eigenvalue weighted by Gasteiger charge is 2.15. The van der Waals surface area contributed by atoms with Gasteiger partial charge >= 0.3 is 0 Å². The van der Waals surface area contributed by atoms with E-state index in [0.717, 1.165) is 18.8 Å². The molecule has 3 nitrogen and oxygen atoms in total. The average molecular weight is 241 g/mol. The van der Waals surface area contributed by atoms with Gasteiger partial charge in [0.05, 0.1) is 6.04 Å². The van der Waals surface area contributed by atoms with E-state index in [1.165, 1.54) is 11.1 Å². The Morgan fingerprint density at radius 2 is 1.78 bits per heavy atom. The summed E-state index contributed by atoms with van der Waals surface area (Å²) < 4.78 is 0. The van der Waals surface area contributed by atoms with Crippen LogP contribution in [0.15, 0.2) is 42.7 Å². The van der Waals surface area contributed by atoms with Crippen LogP contribution in [0.25, 0.3) is 0 Å². The summed E-state index contributed by atoms with van der Waals surface area (Å²) in [5, 5.41) is 3.50. The van der Waals surface area contributed by atoms with Gasteiger partial charge in [-0.3, -0.25) is 0 Å². The van der Waals surface area contributed by atoms with Crippen LogP contribution in [0.1, 0.15) is 36.3 Å². The standard InChI is InChI=1S/C15H19N3/c1-3-9-16-14(15-17-10-4-11-18-15)13-7-5-12(2)6-8-13/h4-8,10-11,14,16H,3,9H2,1-2H3. The Hall–Kier alpha value is -1.74. The second-order valence-corrected chi connectivity index (χ2v) is 4.40. The summed E-state index contributed by atoms with van der Waals surface area (Å²) in [7, 11) is 0. The van der Waals surface area contributed by atoms with Gasteiger partial charge in [0.25, 0.3) is 0 Å². The third kappa shape index (κ3) is 3.14. The molecule has 94 valence electrons. The van der Waals surface area contributed by atoms with Crippen LogP contribution >= 0.6 is 0 Å². The second-order valence-electron chi connectivity index (χ2n) is 4.40. The molecule has 18 heavy (non-hydrogen) atoms. The molecule has 0 spiro atoms. The molecule has 0 radical (unpaired) electrons. The molecule has 1 unspecified atom stereocenters. The third-order valence-corrected chi connectivity index (χ3v) is 2.85. The van der Waals surface area contributed by atoms with Gasteiger partial charge in [-0.1, -0.05) is 36.8 Å². The number of aromatic nitrogens is 2. The molecule has 0 aliphatic rings. The summed E-state index contributed by atoms with van der Waals surface area (Å²) in [6, 6.07) is 10.4. The highest BCUT2D eigenvalue weighted by molar-refractivity contribution is 5.28. The van der Waals surface area contributed by atoms with Crippen molar-refractivity contribution in [3.63, 3.8) is 0 Å². The van der Waals surface area contributed by atoms with E-state index in [4.69, 9.17) is 0 Å². The van der Waals surface area contributed by atoms with Gasteiger partial charge in [0.15, 0.2) is 0 Å². The van der Waals surface area contributed by atoms with Crippen LogP contribution in [0.2, 0.25) is 0 Å². The van der Waals surface area contributed by atoms with Crippen molar-refractivity contribution in [3.8, 4) is 0 Å². The number of rotatable bonds is 5. The lowest BCUT2D eigenvalue weighted by Gasteiger charge is -2.17. The van der Waals surface area contributed by atoms with Crippen molar-refractivity contribution in [3.05, 3.63) is 59.7 Å². The normalized spacial score (nSPS) is 12.3. The van der Waals surface area contributed by atoms with E-state index >= 15 is 0 Å². The van der Waals surface area contributed by atoms with E-state index in [0.29, 0.717) is 0 Å². The fourth-order valence-corrected chi connectivity index (χ4v) is 1.87. The Balaban J connectivity index is 2.27. The minimum atomic E-state index is 0.0757. The van der Waals surface area contributed by atoms with Gasteiger partial charge in [-0.05, 0) is 31.5 Å². The predicted molar refractivity (Wildman–Crippen MR) is 73.3 cm³/mol. The Labute approximate surface area is 108 Å². The highest BCUT2D eigenvalue weighted by atomic mass is 15.0. The molecule has 1 atom stereocenters. The molecular weight excluding hydrogens is 222 g/mol. The smallest absolute Gasteiger partial charge is 0.149 e. The number of hydrogen-bond acceptors (Lipinski definition) is 3. The SMILES string of the molecule is CCCNC(c1ccc(C)cc1)c1ncccn1. The summed E-state index contributed by atoms with van der Waals surface area (Å²) in [5.41, 5.74) is 2.47. The van der Waals surface area contributed by atoms with Crippen molar-refractivity contribution in [1.82, 2.24) is 15.3 Å². The van der Waals surface area contributed by atoms with E-state index in [2.05, 4.69) is 53.4 Å². The quantitative estimate of drug-likeness (QED) is 0.874. The molecular formula is C15H19N3. The number of nitrogens with zero attached hydrogens (tertiary/aromatic N) is 2. The zero-order valence-electron chi connectivity index (χ0n) is 10.9. The molecule has 0 saturated carbocycles. The molecule has 0 bridgehead atoms. The molecule has 2 rings (SSSR count). The van der Waals surface area contributed by atoms with E-state index in [1.807, 2.05) is 6.07 Å². The van der Waals surface area contributed by atoms with Crippen molar-refractivity contribution in [2.24, 2.45) is 0 Å². The molecule has 1 N–H and O–H groups in total. The van der Waals surface area contributed by atoms with Gasteiger partial charge in [0.1, 0.15) is 5.82 Å². The maximum atomic E-state index is 4.36. The molecule has 0 fully saturated rings. The van der Waals surface area contributed by atoms with Crippen molar-refractivity contribution in [2.45, 2.75) is 26.3 Å². The Kier molecular flexibility index (Phi) is 4.42. The first-order valence-electron chi connectivity index (χ1n) is 6.38. The van der Waals surface area contributed by atoms with Crippen molar-refractivity contribution >= 4 is 0 Å². The predicted octanol–water partition coefficient (Wildman–Crippen LogP) is 2.87. The maximum Gasteiger partial charge on any atom is 0.149 e. The fourth-order valence-electron chi connectivity index (χ4n) is 1.87. The summed E-state index contributed by atoms with van der Waals surface area (Å²) in [4.78, 5) is 8.71. The average Bonchev–Trinajstić information content (AvgIpc) is 2.42. The van der Waals surface area contributed by atoms with E-state index in [9.17, 15) is 0 Å². The minimum absolute atomic E-state index is 0.0757. The monoisotopic (exact) mass is 241 g/mol. The van der Waals surface area contributed by atoms with Gasteiger partial charge < -0.3 is 5.32 Å². The number of nitrogens with one attached hydrogen (secondary N) is 1. The van der Waals surface area contributed by atoms with Crippen molar-refractivity contribution in [1.29, 1.82) is 0 Å². The summed E-state index contributed by atoms with van der Waals surface area (Å²) in [6.07, 6.45) is 4.67. The van der Waals surface area contributed by atoms with Crippen molar-refractivity contribution < 1.29 is 0 Å². The molecule has 1 aromatic heterocycles. The first-order chi connectivity index (χ1) is 8.81. The molecule has 0 saturated heterocycles. The van der Waals surface area contributed by atoms with Crippen LogP contribution in [-0.2, 0) is 0 Å². The molecule has 3 heteroatoms. The zero-order valence-corrected chi connectivity index (χ0v) is 10.9. The van der Waals surface area contributed by atoms with Crippen LogP contribution in [0.4, 0.5) is 0 Å². The van der Waals surface area contributed by atoms with Crippen LogP contribution < -0.4 is 5.32 Å². The van der Waals surface area contributed by atoms with Crippen LogP contribution in [0, 0.1) is 6.92 Å². The largest absolute Gasteiger partial charge is 0.304 e. The second kappa shape index (κ2) is 6.26. The third-order valence-electron chi connectivity index (χ3n) is 2.85. The van der Waals surface area contributed by atoms with Gasteiger partial charge in [-0.2, -0.15) is 0 Å². The first-order valence-corrected chi connectivity index (χ1v) is 6.38. The number of hydrogen-bond donors (Lipinski definition) is 1. The Bertz CT molecular complexity index is 465. The van der Waals surface area contributed by atoms with Crippen LogP contribution in [0.3, 0.4) is 0 Å². The lowest BCUT2D eigenvalue weighted by Crippen LogP contribution is -2.24. The molecule has 1 heterocycles. The van der Waals surface area contributed by atoms with Gasteiger partial charge in [-0.15, -0.1) is 0 Å². The Morgan fingerprint density at radius 3 is 2.39 bits per heavy atom. The topological polar surface area (TPSA) is 37.8 Å². The van der Waals surface area contributed by atoms with E-state index in [1.54, 1.807) is 12.4 Å². The first kappa shape index (κ1) is 12.7. The fraction of sp³-hybridized carbons (Fsp3) is 0.333. The zero-order chi connectivity index (χ0) is 12.8. The molecule has 2 aromatic rings. The van der Waals surface area contributed by atoms with E-state index in [-0.39, 0.29) is 6.04 Å². The molecule has 0 amide bonds. The van der Waals surface area contributed by atoms with E-state index < -0.39 is 0 Å². The molecule has 1 aromatic carbocycles. The van der Waals surface area contributed by atoms with Crippen LogP contribution in [0.5, 0.6) is 0 Å².